The van der Waals surface area contributed by atoms with E-state index in [4.69, 9.17) is 5.73 Å². The number of benzene rings is 2. The number of anilines is 2. The van der Waals surface area contributed by atoms with Crippen molar-refractivity contribution < 1.29 is 5.11 Å². The van der Waals surface area contributed by atoms with E-state index >= 15 is 0 Å². The molecule has 1 aliphatic heterocycles. The monoisotopic (exact) mass is 250 g/mol. The minimum atomic E-state index is 0.261. The van der Waals surface area contributed by atoms with E-state index in [2.05, 4.69) is 5.32 Å². The molecule has 0 bridgehead atoms. The Morgan fingerprint density at radius 3 is 2.68 bits per heavy atom. The van der Waals surface area contributed by atoms with Crippen LogP contribution in [-0.4, -0.2) is 5.11 Å². The Kier molecular flexibility index (Phi) is 2.72. The van der Waals surface area contributed by atoms with Crippen LogP contribution in [0.2, 0.25) is 0 Å². The van der Waals surface area contributed by atoms with Gasteiger partial charge in [-0.3, -0.25) is 0 Å². The lowest BCUT2D eigenvalue weighted by Gasteiger charge is -2.17. The lowest BCUT2D eigenvalue weighted by molar-refractivity contribution is 0.474. The average molecular weight is 250 g/mol. The van der Waals surface area contributed by atoms with E-state index in [1.165, 1.54) is 0 Å². The first-order valence-electron chi connectivity index (χ1n) is 6.07. The smallest absolute Gasteiger partial charge is 0.122 e. The van der Waals surface area contributed by atoms with Gasteiger partial charge in [-0.15, -0.1) is 0 Å². The summed E-state index contributed by atoms with van der Waals surface area (Å²) in [5.41, 5.74) is 10.3. The Bertz CT molecular complexity index is 687. The number of nitrogens with two attached hydrogens (primary N) is 1. The molecule has 3 heteroatoms. The van der Waals surface area contributed by atoms with Crippen molar-refractivity contribution in [3.8, 4) is 5.75 Å². The van der Waals surface area contributed by atoms with E-state index in [-0.39, 0.29) is 5.75 Å². The molecule has 19 heavy (non-hydrogen) atoms. The summed E-state index contributed by atoms with van der Waals surface area (Å²) in [4.78, 5) is 0. The molecule has 3 rings (SSSR count). The molecular weight excluding hydrogens is 236 g/mol. The minimum Gasteiger partial charge on any atom is -0.507 e. The Labute approximate surface area is 111 Å². The third-order valence-electron chi connectivity index (χ3n) is 3.09. The van der Waals surface area contributed by atoms with Crippen LogP contribution in [0.15, 0.2) is 54.2 Å². The van der Waals surface area contributed by atoms with Crippen LogP contribution in [0.3, 0.4) is 0 Å². The number of allylic oxidation sites excluding steroid dienone is 1. The molecule has 0 amide bonds. The number of hydrogen-bond acceptors (Lipinski definition) is 3. The molecule has 0 atom stereocenters. The summed E-state index contributed by atoms with van der Waals surface area (Å²) in [6, 6.07) is 13.0. The fraction of sp³-hybridized carbons (Fsp3) is 0. The van der Waals surface area contributed by atoms with Crippen molar-refractivity contribution in [3.05, 3.63) is 65.4 Å². The molecule has 94 valence electrons. The second-order valence-corrected chi connectivity index (χ2v) is 4.43. The first-order valence-corrected chi connectivity index (χ1v) is 6.07. The summed E-state index contributed by atoms with van der Waals surface area (Å²) in [6.07, 6.45) is 5.86. The Hall–Kier alpha value is -2.68. The van der Waals surface area contributed by atoms with Gasteiger partial charge in [0.05, 0.1) is 11.4 Å². The van der Waals surface area contributed by atoms with Crippen LogP contribution in [0, 0.1) is 0 Å². The first kappa shape index (κ1) is 11.4. The highest BCUT2D eigenvalue weighted by atomic mass is 16.3. The average Bonchev–Trinajstić information content (AvgIpc) is 2.42. The van der Waals surface area contributed by atoms with Gasteiger partial charge in [-0.2, -0.15) is 0 Å². The number of fused-ring (bicyclic) bond motifs is 1. The summed E-state index contributed by atoms with van der Waals surface area (Å²) in [6.45, 7) is 0. The first-order chi connectivity index (χ1) is 9.24. The highest BCUT2D eigenvalue weighted by Crippen LogP contribution is 2.31. The lowest BCUT2D eigenvalue weighted by Crippen LogP contribution is -2.05. The van der Waals surface area contributed by atoms with E-state index in [1.807, 2.05) is 48.6 Å². The van der Waals surface area contributed by atoms with Crippen molar-refractivity contribution in [1.82, 2.24) is 0 Å². The van der Waals surface area contributed by atoms with Crippen molar-refractivity contribution in [1.29, 1.82) is 0 Å². The molecule has 0 unspecified atom stereocenters. The van der Waals surface area contributed by atoms with Crippen molar-refractivity contribution in [2.24, 2.45) is 0 Å². The molecular formula is C16H14N2O. The van der Waals surface area contributed by atoms with Crippen LogP contribution < -0.4 is 11.1 Å². The van der Waals surface area contributed by atoms with Crippen molar-refractivity contribution in [3.63, 3.8) is 0 Å². The van der Waals surface area contributed by atoms with E-state index in [0.717, 1.165) is 22.5 Å². The van der Waals surface area contributed by atoms with Gasteiger partial charge in [0, 0.05) is 16.8 Å². The Balaban J connectivity index is 1.99. The second-order valence-electron chi connectivity index (χ2n) is 4.43. The van der Waals surface area contributed by atoms with Gasteiger partial charge in [0.2, 0.25) is 0 Å². The highest BCUT2D eigenvalue weighted by molar-refractivity contribution is 5.85. The van der Waals surface area contributed by atoms with Gasteiger partial charge in [-0.1, -0.05) is 36.4 Å². The number of nitrogens with one attached hydrogen (secondary N) is 1. The van der Waals surface area contributed by atoms with Gasteiger partial charge in [0.25, 0.3) is 0 Å². The van der Waals surface area contributed by atoms with Crippen LogP contribution in [0.4, 0.5) is 11.4 Å². The molecule has 2 aromatic rings. The van der Waals surface area contributed by atoms with Crippen molar-refractivity contribution in [2.45, 2.75) is 0 Å². The number of hydrogen-bond donors (Lipinski definition) is 3. The Morgan fingerprint density at radius 2 is 1.84 bits per heavy atom. The topological polar surface area (TPSA) is 58.3 Å². The number of nitrogen functional groups attached to an aromatic ring is 1. The van der Waals surface area contributed by atoms with Gasteiger partial charge >= 0.3 is 0 Å². The number of rotatable bonds is 1. The molecule has 1 heterocycles. The number of aromatic hydroxyl groups is 1. The summed E-state index contributed by atoms with van der Waals surface area (Å²) in [5, 5.41) is 13.0. The van der Waals surface area contributed by atoms with E-state index in [1.54, 1.807) is 12.1 Å². The molecule has 0 aliphatic carbocycles. The summed E-state index contributed by atoms with van der Waals surface area (Å²) in [7, 11) is 0. The van der Waals surface area contributed by atoms with Gasteiger partial charge in [-0.05, 0) is 24.3 Å². The van der Waals surface area contributed by atoms with Crippen LogP contribution in [0.1, 0.15) is 11.1 Å². The van der Waals surface area contributed by atoms with Gasteiger partial charge < -0.3 is 16.2 Å². The highest BCUT2D eigenvalue weighted by Gasteiger charge is 2.09. The molecule has 0 saturated carbocycles. The second kappa shape index (κ2) is 4.53. The largest absolute Gasteiger partial charge is 0.507 e. The number of phenolic OH excluding ortho intramolecular Hbond substituents is 1. The van der Waals surface area contributed by atoms with Gasteiger partial charge in [-0.25, -0.2) is 0 Å². The molecule has 0 radical (unpaired) electrons. The van der Waals surface area contributed by atoms with Gasteiger partial charge in [0.1, 0.15) is 5.75 Å². The molecule has 0 aromatic heterocycles. The third-order valence-corrected chi connectivity index (χ3v) is 3.09. The van der Waals surface area contributed by atoms with E-state index in [0.29, 0.717) is 5.69 Å². The molecule has 0 fully saturated rings. The van der Waals surface area contributed by atoms with Gasteiger partial charge in [0.15, 0.2) is 0 Å². The quantitative estimate of drug-likeness (QED) is 0.679. The predicted molar refractivity (Wildman–Crippen MR) is 79.6 cm³/mol. The van der Waals surface area contributed by atoms with Crippen LogP contribution in [0.5, 0.6) is 5.75 Å². The molecule has 3 nitrogen and oxygen atoms in total. The lowest BCUT2D eigenvalue weighted by atomic mass is 10.1. The van der Waals surface area contributed by atoms with Crippen molar-refractivity contribution >= 4 is 23.5 Å². The van der Waals surface area contributed by atoms with Crippen LogP contribution >= 0.6 is 0 Å². The number of para-hydroxylation sites is 2. The zero-order valence-corrected chi connectivity index (χ0v) is 10.3. The SMILES string of the molecule is Nc1cccc2c1NC(=Cc1ccccc1O)C=C2. The summed E-state index contributed by atoms with van der Waals surface area (Å²) < 4.78 is 0. The van der Waals surface area contributed by atoms with Crippen LogP contribution in [-0.2, 0) is 0 Å². The number of phenols is 1. The third kappa shape index (κ3) is 2.18. The summed E-state index contributed by atoms with van der Waals surface area (Å²) >= 11 is 0. The van der Waals surface area contributed by atoms with E-state index in [9.17, 15) is 5.11 Å². The molecule has 0 saturated heterocycles. The van der Waals surface area contributed by atoms with Crippen molar-refractivity contribution in [2.75, 3.05) is 11.1 Å². The maximum atomic E-state index is 9.77. The molecule has 1 aliphatic rings. The maximum Gasteiger partial charge on any atom is 0.122 e. The fourth-order valence-corrected chi connectivity index (χ4v) is 2.10. The normalized spacial score (nSPS) is 15.1. The fourth-order valence-electron chi connectivity index (χ4n) is 2.10. The zero-order valence-electron chi connectivity index (χ0n) is 10.3. The Morgan fingerprint density at radius 1 is 1.00 bits per heavy atom. The minimum absolute atomic E-state index is 0.261. The van der Waals surface area contributed by atoms with E-state index < -0.39 is 0 Å². The standard InChI is InChI=1S/C16H14N2O/c17-14-6-3-5-11-8-9-13(18-16(11)14)10-12-4-1-2-7-15(12)19/h1-10,18-19H,17H2. The van der Waals surface area contributed by atoms with Crippen LogP contribution in [0.25, 0.3) is 12.2 Å². The molecule has 0 spiro atoms. The maximum absolute atomic E-state index is 9.77. The molecule has 2 aromatic carbocycles. The molecule has 4 N–H and O–H groups in total. The summed E-state index contributed by atoms with van der Waals surface area (Å²) in [5.74, 6) is 0.261. The zero-order chi connectivity index (χ0) is 13.2. The predicted octanol–water partition coefficient (Wildman–Crippen LogP) is 3.45.